The van der Waals surface area contributed by atoms with E-state index in [0.29, 0.717) is 6.54 Å². The van der Waals surface area contributed by atoms with E-state index in [1.807, 2.05) is 30.5 Å². The largest absolute Gasteiger partial charge is 0.378 e. The zero-order chi connectivity index (χ0) is 17.8. The van der Waals surface area contributed by atoms with Crippen LogP contribution in [0.15, 0.2) is 0 Å². The van der Waals surface area contributed by atoms with Crippen LogP contribution >= 0.6 is 0 Å². The van der Waals surface area contributed by atoms with Crippen molar-refractivity contribution in [2.45, 2.75) is 45.7 Å². The number of nitrogens with one attached hydrogen (secondary N) is 1. The molecule has 1 atom stereocenters. The number of carbonyl (C=O) groups excluding carboxylic acids is 1. The van der Waals surface area contributed by atoms with Crippen LogP contribution in [-0.2, 0) is 23.1 Å². The highest BCUT2D eigenvalue weighted by atomic mass is 16.5. The molecule has 2 aliphatic heterocycles. The van der Waals surface area contributed by atoms with E-state index < -0.39 is 0 Å². The minimum Gasteiger partial charge on any atom is -0.378 e. The van der Waals surface area contributed by atoms with Crippen molar-refractivity contribution in [2.75, 3.05) is 44.3 Å². The van der Waals surface area contributed by atoms with E-state index in [-0.39, 0.29) is 11.9 Å². The van der Waals surface area contributed by atoms with Gasteiger partial charge in [0, 0.05) is 45.3 Å². The Morgan fingerprint density at radius 2 is 1.88 bits per heavy atom. The van der Waals surface area contributed by atoms with Crippen LogP contribution in [0.3, 0.4) is 0 Å². The van der Waals surface area contributed by atoms with Gasteiger partial charge in [-0.25, -0.2) is 0 Å². The van der Waals surface area contributed by atoms with Crippen LogP contribution in [-0.4, -0.2) is 66.0 Å². The predicted molar refractivity (Wildman–Crippen MR) is 97.7 cm³/mol. The highest BCUT2D eigenvalue weighted by Crippen LogP contribution is 2.24. The number of carbonyl (C=O) groups is 1. The Kier molecular flexibility index (Phi) is 5.96. The minimum absolute atomic E-state index is 0.171. The maximum atomic E-state index is 12.6. The molecule has 7 nitrogen and oxygen atoms in total. The number of nitrogens with zero attached hydrogens (tertiary/aromatic N) is 4. The summed E-state index contributed by atoms with van der Waals surface area (Å²) in [6.45, 7) is 9.73. The fraction of sp³-hybridized carbons (Fsp3) is 0.778. The molecule has 140 valence electrons. The predicted octanol–water partition coefficient (Wildman–Crippen LogP) is 1.06. The van der Waals surface area contributed by atoms with Crippen LogP contribution in [0.2, 0.25) is 0 Å². The summed E-state index contributed by atoms with van der Waals surface area (Å²) in [6, 6.07) is -0.171. The maximum absolute atomic E-state index is 12.6. The van der Waals surface area contributed by atoms with Crippen LogP contribution in [0.1, 0.15) is 37.4 Å². The first kappa shape index (κ1) is 18.2. The Balaban J connectivity index is 1.65. The molecule has 0 bridgehead atoms. The van der Waals surface area contributed by atoms with Gasteiger partial charge in [-0.05, 0) is 33.1 Å². The summed E-state index contributed by atoms with van der Waals surface area (Å²) in [5.74, 6) is 1.36. The van der Waals surface area contributed by atoms with Gasteiger partial charge in [-0.3, -0.25) is 9.48 Å². The third-order valence-electron chi connectivity index (χ3n) is 5.25. The molecule has 3 rings (SSSR count). The first-order valence-electron chi connectivity index (χ1n) is 9.45. The van der Waals surface area contributed by atoms with E-state index in [4.69, 9.17) is 4.74 Å². The number of rotatable bonds is 5. The average Bonchev–Trinajstić information content (AvgIpc) is 2.93. The van der Waals surface area contributed by atoms with E-state index in [2.05, 4.69) is 15.3 Å². The first-order chi connectivity index (χ1) is 12.1. The monoisotopic (exact) mass is 349 g/mol. The summed E-state index contributed by atoms with van der Waals surface area (Å²) in [7, 11) is 1.99. The summed E-state index contributed by atoms with van der Waals surface area (Å²) >= 11 is 0. The summed E-state index contributed by atoms with van der Waals surface area (Å²) in [6.07, 6.45) is 3.49. The number of anilines is 1. The van der Waals surface area contributed by atoms with Crippen LogP contribution in [0, 0.1) is 6.92 Å². The molecule has 0 saturated carbocycles. The summed E-state index contributed by atoms with van der Waals surface area (Å²) < 4.78 is 7.42. The average molecular weight is 349 g/mol. The number of morpholine rings is 1. The van der Waals surface area contributed by atoms with Gasteiger partial charge in [0.25, 0.3) is 0 Å². The van der Waals surface area contributed by atoms with Crippen molar-refractivity contribution in [2.24, 2.45) is 7.05 Å². The molecule has 2 fully saturated rings. The van der Waals surface area contributed by atoms with Gasteiger partial charge in [-0.15, -0.1) is 0 Å². The molecule has 1 N–H and O–H groups in total. The number of hydrogen-bond acceptors (Lipinski definition) is 5. The normalized spacial score (nSPS) is 20.0. The third kappa shape index (κ3) is 4.15. The summed E-state index contributed by atoms with van der Waals surface area (Å²) in [4.78, 5) is 16.9. The highest BCUT2D eigenvalue weighted by Gasteiger charge is 2.24. The van der Waals surface area contributed by atoms with E-state index in [0.717, 1.165) is 63.7 Å². The van der Waals surface area contributed by atoms with Gasteiger partial charge in [-0.1, -0.05) is 0 Å². The van der Waals surface area contributed by atoms with Crippen molar-refractivity contribution in [1.82, 2.24) is 20.0 Å². The molecule has 2 aliphatic rings. The van der Waals surface area contributed by atoms with Crippen molar-refractivity contribution >= 4 is 11.7 Å². The molecule has 1 aromatic heterocycles. The Morgan fingerprint density at radius 3 is 2.56 bits per heavy atom. The molecule has 3 heterocycles. The lowest BCUT2D eigenvalue weighted by Gasteiger charge is -2.31. The molecule has 0 aromatic carbocycles. The van der Waals surface area contributed by atoms with Crippen molar-refractivity contribution in [3.63, 3.8) is 0 Å². The SMILES string of the molecule is Cc1nn(C)c(N2CCOCC2)c1CNC(C)C(=O)N1CCCCC1. The van der Waals surface area contributed by atoms with Gasteiger partial charge in [0.15, 0.2) is 0 Å². The molecule has 0 aliphatic carbocycles. The molecular formula is C18H31N5O2. The smallest absolute Gasteiger partial charge is 0.239 e. The number of likely N-dealkylation sites (tertiary alicyclic amines) is 1. The van der Waals surface area contributed by atoms with Crippen LogP contribution in [0.4, 0.5) is 5.82 Å². The lowest BCUT2D eigenvalue weighted by Crippen LogP contribution is -2.46. The van der Waals surface area contributed by atoms with Crippen LogP contribution in [0.25, 0.3) is 0 Å². The van der Waals surface area contributed by atoms with Gasteiger partial charge in [0.05, 0.1) is 24.9 Å². The Labute approximate surface area is 150 Å². The molecule has 25 heavy (non-hydrogen) atoms. The standard InChI is InChI=1S/C18H31N5O2/c1-14-16(17(21(3)20-14)22-9-11-25-12-10-22)13-19-15(2)18(24)23-7-5-4-6-8-23/h15,19H,4-13H2,1-3H3. The van der Waals surface area contributed by atoms with Gasteiger partial charge >= 0.3 is 0 Å². The first-order valence-corrected chi connectivity index (χ1v) is 9.45. The van der Waals surface area contributed by atoms with Gasteiger partial charge in [-0.2, -0.15) is 5.10 Å². The Morgan fingerprint density at radius 1 is 1.20 bits per heavy atom. The number of amides is 1. The molecule has 0 radical (unpaired) electrons. The number of aromatic nitrogens is 2. The Hall–Kier alpha value is -1.60. The molecular weight excluding hydrogens is 318 g/mol. The summed E-state index contributed by atoms with van der Waals surface area (Å²) in [5.41, 5.74) is 2.21. The molecule has 1 aromatic rings. The van der Waals surface area contributed by atoms with E-state index >= 15 is 0 Å². The zero-order valence-electron chi connectivity index (χ0n) is 15.8. The molecule has 2 saturated heterocycles. The lowest BCUT2D eigenvalue weighted by molar-refractivity contribution is -0.133. The fourth-order valence-corrected chi connectivity index (χ4v) is 3.80. The van der Waals surface area contributed by atoms with Crippen molar-refractivity contribution in [3.05, 3.63) is 11.3 Å². The molecule has 0 spiro atoms. The fourth-order valence-electron chi connectivity index (χ4n) is 3.80. The second-order valence-electron chi connectivity index (χ2n) is 7.10. The number of piperidine rings is 1. The number of hydrogen-bond donors (Lipinski definition) is 1. The van der Waals surface area contributed by atoms with E-state index in [1.54, 1.807) is 0 Å². The lowest BCUT2D eigenvalue weighted by atomic mass is 10.1. The molecule has 1 unspecified atom stereocenters. The van der Waals surface area contributed by atoms with Gasteiger partial charge in [0.2, 0.25) is 5.91 Å². The second kappa shape index (κ2) is 8.19. The van der Waals surface area contributed by atoms with Crippen LogP contribution in [0.5, 0.6) is 0 Å². The van der Waals surface area contributed by atoms with E-state index in [9.17, 15) is 4.79 Å². The summed E-state index contributed by atoms with van der Waals surface area (Å²) in [5, 5.41) is 8.02. The van der Waals surface area contributed by atoms with Crippen molar-refractivity contribution in [3.8, 4) is 0 Å². The Bertz CT molecular complexity index is 589. The minimum atomic E-state index is -0.171. The van der Waals surface area contributed by atoms with Crippen molar-refractivity contribution < 1.29 is 9.53 Å². The maximum Gasteiger partial charge on any atom is 0.239 e. The quantitative estimate of drug-likeness (QED) is 0.861. The topological polar surface area (TPSA) is 62.6 Å². The second-order valence-corrected chi connectivity index (χ2v) is 7.10. The zero-order valence-corrected chi connectivity index (χ0v) is 15.8. The van der Waals surface area contributed by atoms with Crippen molar-refractivity contribution in [1.29, 1.82) is 0 Å². The molecule has 1 amide bonds. The molecule has 7 heteroatoms. The third-order valence-corrected chi connectivity index (χ3v) is 5.25. The van der Waals surface area contributed by atoms with Gasteiger partial charge < -0.3 is 19.9 Å². The number of ether oxygens (including phenoxy) is 1. The number of aryl methyl sites for hydroxylation is 2. The highest BCUT2D eigenvalue weighted by molar-refractivity contribution is 5.81. The van der Waals surface area contributed by atoms with Gasteiger partial charge in [0.1, 0.15) is 5.82 Å². The van der Waals surface area contributed by atoms with Crippen LogP contribution < -0.4 is 10.2 Å². The van der Waals surface area contributed by atoms with E-state index in [1.165, 1.54) is 12.0 Å².